The highest BCUT2D eigenvalue weighted by molar-refractivity contribution is 7.18. The molecule has 0 radical (unpaired) electrons. The summed E-state index contributed by atoms with van der Waals surface area (Å²) in [7, 11) is 0. The third-order valence-electron chi connectivity index (χ3n) is 2.14. The van der Waals surface area contributed by atoms with Crippen LogP contribution in [0.1, 0.15) is 5.01 Å². The first-order valence-corrected chi connectivity index (χ1v) is 5.95. The van der Waals surface area contributed by atoms with Crippen LogP contribution in [0.4, 0.5) is 5.69 Å². The van der Waals surface area contributed by atoms with Crippen LogP contribution in [0.2, 0.25) is 0 Å². The number of carboxylic acid groups (broad SMARTS) is 1. The number of aromatic nitrogens is 1. The topological polar surface area (TPSA) is 79.3 Å². The number of thiazole rings is 1. The molecule has 0 fully saturated rings. The Morgan fingerprint density at radius 2 is 2.17 bits per heavy atom. The SMILES string of the molecule is Cc1nc2cc(NC(=O)/C=C/C(=O)O)ccc2s1. The molecule has 0 saturated heterocycles. The third-order valence-corrected chi connectivity index (χ3v) is 3.09. The summed E-state index contributed by atoms with van der Waals surface area (Å²) < 4.78 is 1.05. The van der Waals surface area contributed by atoms with Crippen molar-refractivity contribution < 1.29 is 14.7 Å². The smallest absolute Gasteiger partial charge is 0.328 e. The number of aliphatic carboxylic acids is 1. The average Bonchev–Trinajstić information content (AvgIpc) is 2.66. The molecule has 0 bridgehead atoms. The van der Waals surface area contributed by atoms with Crippen molar-refractivity contribution in [3.63, 3.8) is 0 Å². The average molecular weight is 262 g/mol. The molecular formula is C12H10N2O3S. The highest BCUT2D eigenvalue weighted by atomic mass is 32.1. The molecule has 18 heavy (non-hydrogen) atoms. The van der Waals surface area contributed by atoms with Crippen molar-refractivity contribution in [2.45, 2.75) is 6.92 Å². The summed E-state index contributed by atoms with van der Waals surface area (Å²) in [4.78, 5) is 25.9. The third kappa shape index (κ3) is 2.92. The number of carboxylic acids is 1. The van der Waals surface area contributed by atoms with Crippen LogP contribution in [0.25, 0.3) is 10.2 Å². The van der Waals surface area contributed by atoms with Crippen LogP contribution < -0.4 is 5.32 Å². The van der Waals surface area contributed by atoms with Gasteiger partial charge in [-0.3, -0.25) is 4.79 Å². The number of nitrogens with one attached hydrogen (secondary N) is 1. The van der Waals surface area contributed by atoms with E-state index in [1.165, 1.54) is 0 Å². The van der Waals surface area contributed by atoms with E-state index < -0.39 is 11.9 Å². The van der Waals surface area contributed by atoms with Crippen LogP contribution in [0, 0.1) is 6.92 Å². The Morgan fingerprint density at radius 3 is 2.89 bits per heavy atom. The summed E-state index contributed by atoms with van der Waals surface area (Å²) in [5.74, 6) is -1.64. The summed E-state index contributed by atoms with van der Waals surface area (Å²) >= 11 is 1.58. The van der Waals surface area contributed by atoms with Crippen LogP contribution in [-0.4, -0.2) is 22.0 Å². The van der Waals surface area contributed by atoms with E-state index >= 15 is 0 Å². The molecule has 0 saturated carbocycles. The molecule has 92 valence electrons. The monoisotopic (exact) mass is 262 g/mol. The summed E-state index contributed by atoms with van der Waals surface area (Å²) in [5, 5.41) is 11.9. The number of carbonyl (C=O) groups excluding carboxylic acids is 1. The number of anilines is 1. The number of amides is 1. The molecule has 2 N–H and O–H groups in total. The predicted octanol–water partition coefficient (Wildman–Crippen LogP) is 2.18. The van der Waals surface area contributed by atoms with Gasteiger partial charge in [-0.2, -0.15) is 0 Å². The van der Waals surface area contributed by atoms with Crippen molar-refractivity contribution in [3.8, 4) is 0 Å². The fraction of sp³-hybridized carbons (Fsp3) is 0.0833. The van der Waals surface area contributed by atoms with Gasteiger partial charge in [-0.1, -0.05) is 0 Å². The number of hydrogen-bond acceptors (Lipinski definition) is 4. The molecular weight excluding hydrogens is 252 g/mol. The van der Waals surface area contributed by atoms with E-state index in [4.69, 9.17) is 5.11 Å². The molecule has 2 rings (SSSR count). The zero-order chi connectivity index (χ0) is 13.1. The molecule has 1 aromatic heterocycles. The molecule has 0 atom stereocenters. The van der Waals surface area contributed by atoms with Crippen LogP contribution in [0.15, 0.2) is 30.4 Å². The lowest BCUT2D eigenvalue weighted by atomic mass is 10.3. The predicted molar refractivity (Wildman–Crippen MR) is 69.8 cm³/mol. The summed E-state index contributed by atoms with van der Waals surface area (Å²) in [5.41, 5.74) is 1.41. The maximum atomic E-state index is 11.4. The van der Waals surface area contributed by atoms with Gasteiger partial charge in [0.1, 0.15) is 0 Å². The summed E-state index contributed by atoms with van der Waals surface area (Å²) in [6.07, 6.45) is 1.76. The molecule has 5 nitrogen and oxygen atoms in total. The van der Waals surface area contributed by atoms with Crippen molar-refractivity contribution in [2.75, 3.05) is 5.32 Å². The molecule has 6 heteroatoms. The number of carbonyl (C=O) groups is 2. The lowest BCUT2D eigenvalue weighted by molar-refractivity contribution is -0.131. The number of rotatable bonds is 3. The van der Waals surface area contributed by atoms with Crippen LogP contribution in [0.3, 0.4) is 0 Å². The molecule has 0 aliphatic carbocycles. The quantitative estimate of drug-likeness (QED) is 0.831. The maximum Gasteiger partial charge on any atom is 0.328 e. The Kier molecular flexibility index (Phi) is 3.38. The summed E-state index contributed by atoms with van der Waals surface area (Å²) in [6.45, 7) is 1.92. The van der Waals surface area contributed by atoms with Gasteiger partial charge in [0.05, 0.1) is 15.2 Å². The number of nitrogens with zero attached hydrogens (tertiary/aromatic N) is 1. The van der Waals surface area contributed by atoms with E-state index in [-0.39, 0.29) is 0 Å². The minimum absolute atomic E-state index is 0.483. The second kappa shape index (κ2) is 4.97. The second-order valence-electron chi connectivity index (χ2n) is 3.58. The Labute approximate surface area is 107 Å². The van der Waals surface area contributed by atoms with Gasteiger partial charge in [-0.05, 0) is 25.1 Å². The molecule has 2 aromatic rings. The minimum atomic E-state index is -1.16. The first-order valence-electron chi connectivity index (χ1n) is 5.14. The van der Waals surface area contributed by atoms with E-state index in [1.807, 2.05) is 13.0 Å². The van der Waals surface area contributed by atoms with Crippen LogP contribution in [-0.2, 0) is 9.59 Å². The molecule has 0 spiro atoms. The zero-order valence-corrected chi connectivity index (χ0v) is 10.3. The van der Waals surface area contributed by atoms with Crippen LogP contribution in [0.5, 0.6) is 0 Å². The van der Waals surface area contributed by atoms with Crippen molar-refractivity contribution in [1.82, 2.24) is 4.98 Å². The van der Waals surface area contributed by atoms with Gasteiger partial charge in [0, 0.05) is 17.8 Å². The van der Waals surface area contributed by atoms with Crippen LogP contribution >= 0.6 is 11.3 Å². The van der Waals surface area contributed by atoms with Gasteiger partial charge in [0.15, 0.2) is 0 Å². The maximum absolute atomic E-state index is 11.4. The van der Waals surface area contributed by atoms with Crippen molar-refractivity contribution >= 4 is 39.1 Å². The van der Waals surface area contributed by atoms with Gasteiger partial charge in [0.2, 0.25) is 5.91 Å². The van der Waals surface area contributed by atoms with Gasteiger partial charge < -0.3 is 10.4 Å². The standard InChI is InChI=1S/C12H10N2O3S/c1-7-13-9-6-8(2-3-10(9)18-7)14-11(15)4-5-12(16)17/h2-6H,1H3,(H,14,15)(H,16,17)/b5-4+. The number of fused-ring (bicyclic) bond motifs is 1. The van der Waals surface area contributed by atoms with Gasteiger partial charge in [0.25, 0.3) is 0 Å². The molecule has 0 aliphatic heterocycles. The van der Waals surface area contributed by atoms with Crippen molar-refractivity contribution in [1.29, 1.82) is 0 Å². The highest BCUT2D eigenvalue weighted by Gasteiger charge is 2.03. The Hall–Kier alpha value is -2.21. The first kappa shape index (κ1) is 12.3. The summed E-state index contributed by atoms with van der Waals surface area (Å²) in [6, 6.07) is 5.38. The number of hydrogen-bond donors (Lipinski definition) is 2. The van der Waals surface area contributed by atoms with Gasteiger partial charge in [-0.25, -0.2) is 9.78 Å². The lowest BCUT2D eigenvalue weighted by Crippen LogP contribution is -2.08. The van der Waals surface area contributed by atoms with Crippen molar-refractivity contribution in [3.05, 3.63) is 35.4 Å². The van der Waals surface area contributed by atoms with Crippen molar-refractivity contribution in [2.24, 2.45) is 0 Å². The highest BCUT2D eigenvalue weighted by Crippen LogP contribution is 2.24. The fourth-order valence-corrected chi connectivity index (χ4v) is 2.26. The van der Waals surface area contributed by atoms with E-state index in [1.54, 1.807) is 23.5 Å². The molecule has 1 amide bonds. The van der Waals surface area contributed by atoms with Gasteiger partial charge >= 0.3 is 5.97 Å². The first-order chi connectivity index (χ1) is 8.54. The molecule has 0 aliphatic rings. The van der Waals surface area contributed by atoms with E-state index in [2.05, 4.69) is 10.3 Å². The number of benzene rings is 1. The lowest BCUT2D eigenvalue weighted by Gasteiger charge is -2.00. The normalized spacial score (nSPS) is 10.9. The molecule has 1 heterocycles. The van der Waals surface area contributed by atoms with E-state index in [0.717, 1.165) is 27.4 Å². The van der Waals surface area contributed by atoms with Gasteiger partial charge in [-0.15, -0.1) is 11.3 Å². The second-order valence-corrected chi connectivity index (χ2v) is 4.81. The molecule has 1 aromatic carbocycles. The number of aryl methyl sites for hydroxylation is 1. The van der Waals surface area contributed by atoms with E-state index in [9.17, 15) is 9.59 Å². The molecule has 0 unspecified atom stereocenters. The fourth-order valence-electron chi connectivity index (χ4n) is 1.45. The zero-order valence-electron chi connectivity index (χ0n) is 9.51. The minimum Gasteiger partial charge on any atom is -0.478 e. The Balaban J connectivity index is 2.16. The largest absolute Gasteiger partial charge is 0.478 e. The Bertz CT molecular complexity index is 646. The van der Waals surface area contributed by atoms with E-state index in [0.29, 0.717) is 5.69 Å². The Morgan fingerprint density at radius 1 is 1.39 bits per heavy atom.